The van der Waals surface area contributed by atoms with E-state index in [1.165, 1.54) is 0 Å². The number of hydrogen-bond donors (Lipinski definition) is 2. The average molecular weight is 344 g/mol. The molecule has 0 fully saturated rings. The normalized spacial score (nSPS) is 10.7. The summed E-state index contributed by atoms with van der Waals surface area (Å²) >= 11 is 0. The fourth-order valence-electron chi connectivity index (χ4n) is 2.88. The lowest BCUT2D eigenvalue weighted by Gasteiger charge is -2.17. The monoisotopic (exact) mass is 344 g/mol. The minimum atomic E-state index is 0.0802. The molecule has 0 atom stereocenters. The second-order valence-corrected chi connectivity index (χ2v) is 6.54. The first-order valence-corrected chi connectivity index (χ1v) is 8.92. The second kappa shape index (κ2) is 8.45. The summed E-state index contributed by atoms with van der Waals surface area (Å²) in [5.41, 5.74) is 4.49. The van der Waals surface area contributed by atoms with Gasteiger partial charge in [0.05, 0.1) is 17.8 Å². The van der Waals surface area contributed by atoms with Crippen molar-refractivity contribution in [3.8, 4) is 11.1 Å². The molecule has 0 bridgehead atoms. The van der Waals surface area contributed by atoms with E-state index in [-0.39, 0.29) is 11.8 Å². The topological polar surface area (TPSA) is 41.1 Å². The number of benzene rings is 3. The maximum Gasteiger partial charge on any atom is 0.179 e. The molecule has 0 aliphatic carbocycles. The maximum absolute atomic E-state index is 13.1. The fraction of sp³-hybridized carbons (Fsp3) is 0.174. The molecule has 3 nitrogen and oxygen atoms in total. The van der Waals surface area contributed by atoms with Crippen molar-refractivity contribution >= 4 is 17.2 Å². The first kappa shape index (κ1) is 17.9. The number of carbonyl (C=O) groups excluding carboxylic acids is 1. The van der Waals surface area contributed by atoms with E-state index in [0.29, 0.717) is 6.54 Å². The van der Waals surface area contributed by atoms with Gasteiger partial charge in [-0.05, 0) is 29.3 Å². The third-order valence-corrected chi connectivity index (χ3v) is 4.15. The quantitative estimate of drug-likeness (QED) is 0.573. The number of Topliss-reactive ketones (excluding diaryl/α,β-unsaturated/α-hetero) is 1. The summed E-state index contributed by atoms with van der Waals surface area (Å²) in [6, 6.07) is 26.2. The number of para-hydroxylation sites is 1. The zero-order valence-corrected chi connectivity index (χ0v) is 15.2. The van der Waals surface area contributed by atoms with E-state index in [9.17, 15) is 4.79 Å². The van der Waals surface area contributed by atoms with Crippen LogP contribution in [0.25, 0.3) is 11.1 Å². The Morgan fingerprint density at radius 3 is 2.15 bits per heavy atom. The van der Waals surface area contributed by atoms with Gasteiger partial charge in [0, 0.05) is 11.7 Å². The first-order valence-electron chi connectivity index (χ1n) is 8.92. The SMILES string of the molecule is CC(C)NCC(=O)c1c(Nc2ccccc2)cccc1-c1ccccc1. The van der Waals surface area contributed by atoms with E-state index < -0.39 is 0 Å². The van der Waals surface area contributed by atoms with Crippen molar-refractivity contribution in [1.82, 2.24) is 5.32 Å². The van der Waals surface area contributed by atoms with Crippen LogP contribution in [-0.2, 0) is 0 Å². The van der Waals surface area contributed by atoms with Gasteiger partial charge in [-0.15, -0.1) is 0 Å². The van der Waals surface area contributed by atoms with Crippen LogP contribution in [0.3, 0.4) is 0 Å². The van der Waals surface area contributed by atoms with Crippen LogP contribution < -0.4 is 10.6 Å². The van der Waals surface area contributed by atoms with E-state index in [4.69, 9.17) is 0 Å². The van der Waals surface area contributed by atoms with Gasteiger partial charge in [0.25, 0.3) is 0 Å². The first-order chi connectivity index (χ1) is 12.6. The van der Waals surface area contributed by atoms with Crippen molar-refractivity contribution in [3.05, 3.63) is 84.4 Å². The molecule has 0 saturated carbocycles. The lowest BCUT2D eigenvalue weighted by atomic mass is 9.95. The summed E-state index contributed by atoms with van der Waals surface area (Å²) in [6.07, 6.45) is 0. The summed E-state index contributed by atoms with van der Waals surface area (Å²) in [6.45, 7) is 4.39. The lowest BCUT2D eigenvalue weighted by Crippen LogP contribution is -2.29. The minimum Gasteiger partial charge on any atom is -0.355 e. The highest BCUT2D eigenvalue weighted by molar-refractivity contribution is 6.08. The molecule has 132 valence electrons. The van der Waals surface area contributed by atoms with E-state index in [0.717, 1.165) is 28.1 Å². The summed E-state index contributed by atoms with van der Waals surface area (Å²) in [4.78, 5) is 13.1. The molecule has 0 unspecified atom stereocenters. The molecule has 3 aromatic carbocycles. The predicted octanol–water partition coefficient (Wildman–Crippen LogP) is 5.28. The van der Waals surface area contributed by atoms with Gasteiger partial charge in [-0.3, -0.25) is 4.79 Å². The van der Waals surface area contributed by atoms with E-state index in [1.54, 1.807) is 0 Å². The van der Waals surface area contributed by atoms with Crippen LogP contribution in [0.5, 0.6) is 0 Å². The number of carbonyl (C=O) groups is 1. The highest BCUT2D eigenvalue weighted by Crippen LogP contribution is 2.31. The zero-order valence-electron chi connectivity index (χ0n) is 15.2. The summed E-state index contributed by atoms with van der Waals surface area (Å²) in [7, 11) is 0. The molecule has 0 spiro atoms. The van der Waals surface area contributed by atoms with Crippen LogP contribution in [0.1, 0.15) is 24.2 Å². The number of nitrogens with one attached hydrogen (secondary N) is 2. The Balaban J connectivity index is 2.04. The molecule has 0 amide bonds. The number of hydrogen-bond acceptors (Lipinski definition) is 3. The summed E-state index contributed by atoms with van der Waals surface area (Å²) in [5, 5.41) is 6.64. The maximum atomic E-state index is 13.1. The Morgan fingerprint density at radius 1 is 0.846 bits per heavy atom. The molecule has 0 heterocycles. The van der Waals surface area contributed by atoms with Gasteiger partial charge in [-0.1, -0.05) is 74.5 Å². The molecule has 2 N–H and O–H groups in total. The fourth-order valence-corrected chi connectivity index (χ4v) is 2.88. The van der Waals surface area contributed by atoms with Crippen LogP contribution in [0.15, 0.2) is 78.9 Å². The Kier molecular flexibility index (Phi) is 5.82. The highest BCUT2D eigenvalue weighted by Gasteiger charge is 2.17. The van der Waals surface area contributed by atoms with Crippen LogP contribution in [0.4, 0.5) is 11.4 Å². The van der Waals surface area contributed by atoms with E-state index >= 15 is 0 Å². The summed E-state index contributed by atoms with van der Waals surface area (Å²) in [5.74, 6) is 0.0802. The van der Waals surface area contributed by atoms with Gasteiger partial charge in [0.2, 0.25) is 0 Å². The molecule has 0 aliphatic rings. The predicted molar refractivity (Wildman–Crippen MR) is 109 cm³/mol. The summed E-state index contributed by atoms with van der Waals surface area (Å²) < 4.78 is 0. The molecular formula is C23H24N2O. The van der Waals surface area contributed by atoms with Crippen LogP contribution in [-0.4, -0.2) is 18.4 Å². The van der Waals surface area contributed by atoms with Gasteiger partial charge >= 0.3 is 0 Å². The largest absolute Gasteiger partial charge is 0.355 e. The Bertz CT molecular complexity index is 858. The van der Waals surface area contributed by atoms with E-state index in [1.807, 2.05) is 92.7 Å². The molecule has 0 saturated heterocycles. The molecule has 0 aromatic heterocycles. The zero-order chi connectivity index (χ0) is 18.4. The van der Waals surface area contributed by atoms with Crippen molar-refractivity contribution < 1.29 is 4.79 Å². The van der Waals surface area contributed by atoms with Gasteiger partial charge in [-0.2, -0.15) is 0 Å². The Labute approximate surface area is 155 Å². The molecule has 26 heavy (non-hydrogen) atoms. The van der Waals surface area contributed by atoms with Gasteiger partial charge in [0.15, 0.2) is 5.78 Å². The van der Waals surface area contributed by atoms with Crippen molar-refractivity contribution in [2.24, 2.45) is 0 Å². The number of ketones is 1. The average Bonchev–Trinajstić information content (AvgIpc) is 2.67. The van der Waals surface area contributed by atoms with Crippen LogP contribution in [0, 0.1) is 0 Å². The number of anilines is 2. The van der Waals surface area contributed by atoms with Gasteiger partial charge in [-0.25, -0.2) is 0 Å². The molecule has 3 aromatic rings. The molecule has 0 aliphatic heterocycles. The smallest absolute Gasteiger partial charge is 0.179 e. The molecule has 3 heteroatoms. The lowest BCUT2D eigenvalue weighted by molar-refractivity contribution is 0.0990. The van der Waals surface area contributed by atoms with Crippen molar-refractivity contribution in [2.45, 2.75) is 19.9 Å². The highest BCUT2D eigenvalue weighted by atomic mass is 16.1. The number of rotatable bonds is 7. The third kappa shape index (κ3) is 4.38. The van der Waals surface area contributed by atoms with Gasteiger partial charge < -0.3 is 10.6 Å². The molecule has 0 radical (unpaired) electrons. The third-order valence-electron chi connectivity index (χ3n) is 4.15. The standard InChI is InChI=1S/C23H24N2O/c1-17(2)24-16-22(26)23-20(18-10-5-3-6-11-18)14-9-15-21(23)25-19-12-7-4-8-13-19/h3-15,17,24-25H,16H2,1-2H3. The second-order valence-electron chi connectivity index (χ2n) is 6.54. The van der Waals surface area contributed by atoms with Crippen LogP contribution >= 0.6 is 0 Å². The van der Waals surface area contributed by atoms with Crippen molar-refractivity contribution in [1.29, 1.82) is 0 Å². The van der Waals surface area contributed by atoms with E-state index in [2.05, 4.69) is 10.6 Å². The molecule has 3 rings (SSSR count). The van der Waals surface area contributed by atoms with Gasteiger partial charge in [0.1, 0.15) is 0 Å². The van der Waals surface area contributed by atoms with Crippen molar-refractivity contribution in [3.63, 3.8) is 0 Å². The van der Waals surface area contributed by atoms with Crippen LogP contribution in [0.2, 0.25) is 0 Å². The Morgan fingerprint density at radius 2 is 1.50 bits per heavy atom. The Hall–Kier alpha value is -2.91. The minimum absolute atomic E-state index is 0.0802. The molecular weight excluding hydrogens is 320 g/mol. The van der Waals surface area contributed by atoms with Crippen molar-refractivity contribution in [2.75, 3.05) is 11.9 Å².